The molecule has 0 saturated heterocycles. The van der Waals surface area contributed by atoms with E-state index in [-0.39, 0.29) is 30.2 Å². The molecular weight excluding hydrogens is 268 g/mol. The number of nitrogens with zero attached hydrogens (tertiary/aromatic N) is 3. The molecule has 1 heterocycles. The third-order valence-electron chi connectivity index (χ3n) is 2.49. The fourth-order valence-corrected chi connectivity index (χ4v) is 1.69. The lowest BCUT2D eigenvalue weighted by Crippen LogP contribution is -2.32. The average Bonchev–Trinajstić information content (AvgIpc) is 2.73. The molecule has 0 unspecified atom stereocenters. The lowest BCUT2D eigenvalue weighted by Gasteiger charge is -2.06. The van der Waals surface area contributed by atoms with Gasteiger partial charge in [-0.15, -0.1) is 0 Å². The van der Waals surface area contributed by atoms with Crippen LogP contribution in [0.3, 0.4) is 0 Å². The molecule has 1 aromatic rings. The number of nitro groups is 1. The summed E-state index contributed by atoms with van der Waals surface area (Å²) in [4.78, 5) is 33.5. The van der Waals surface area contributed by atoms with Crippen LogP contribution in [0.2, 0.25) is 0 Å². The summed E-state index contributed by atoms with van der Waals surface area (Å²) in [6.07, 6.45) is 0. The van der Waals surface area contributed by atoms with Crippen molar-refractivity contribution in [2.75, 3.05) is 13.2 Å². The Kier molecular flexibility index (Phi) is 5.18. The number of nitrogens with one attached hydrogen (secondary N) is 1. The van der Waals surface area contributed by atoms with E-state index >= 15 is 0 Å². The first-order valence-corrected chi connectivity index (χ1v) is 6.07. The zero-order valence-corrected chi connectivity index (χ0v) is 11.5. The minimum Gasteiger partial charge on any atom is -0.465 e. The summed E-state index contributed by atoms with van der Waals surface area (Å²) in [5, 5.41) is 17.2. The van der Waals surface area contributed by atoms with E-state index in [0.29, 0.717) is 6.54 Å². The van der Waals surface area contributed by atoms with Gasteiger partial charge in [0, 0.05) is 6.54 Å². The van der Waals surface area contributed by atoms with Crippen LogP contribution in [-0.2, 0) is 16.1 Å². The molecular formula is C11H16N4O5. The third-order valence-corrected chi connectivity index (χ3v) is 2.49. The highest BCUT2D eigenvalue weighted by Crippen LogP contribution is 2.22. The van der Waals surface area contributed by atoms with Gasteiger partial charge in [0.05, 0.1) is 11.5 Å². The molecule has 110 valence electrons. The molecule has 0 spiro atoms. The Labute approximate surface area is 115 Å². The smallest absolute Gasteiger partial charge is 0.325 e. The van der Waals surface area contributed by atoms with E-state index in [1.807, 2.05) is 0 Å². The maximum Gasteiger partial charge on any atom is 0.325 e. The minimum absolute atomic E-state index is 0.151. The van der Waals surface area contributed by atoms with Crippen LogP contribution in [-0.4, -0.2) is 39.7 Å². The molecule has 1 aromatic heterocycles. The lowest BCUT2D eigenvalue weighted by atomic mass is 10.3. The summed E-state index contributed by atoms with van der Waals surface area (Å²) in [5.41, 5.74) is -0.370. The Morgan fingerprint density at radius 1 is 1.45 bits per heavy atom. The molecule has 0 fully saturated rings. The van der Waals surface area contributed by atoms with Gasteiger partial charge in [-0.3, -0.25) is 24.4 Å². The maximum absolute atomic E-state index is 12.0. The summed E-state index contributed by atoms with van der Waals surface area (Å²) >= 11 is 0. The van der Waals surface area contributed by atoms with Crippen molar-refractivity contribution in [3.8, 4) is 0 Å². The van der Waals surface area contributed by atoms with E-state index in [9.17, 15) is 19.7 Å². The highest BCUT2D eigenvalue weighted by atomic mass is 16.6. The number of hydrogen-bond acceptors (Lipinski definition) is 6. The summed E-state index contributed by atoms with van der Waals surface area (Å²) in [6, 6.07) is 0. The molecule has 0 aliphatic rings. The minimum atomic E-state index is -0.729. The van der Waals surface area contributed by atoms with Crippen LogP contribution in [0, 0.1) is 17.0 Å². The highest BCUT2D eigenvalue weighted by Gasteiger charge is 2.30. The average molecular weight is 284 g/mol. The van der Waals surface area contributed by atoms with Crippen molar-refractivity contribution in [2.45, 2.75) is 27.3 Å². The number of amides is 1. The molecule has 0 aliphatic carbocycles. The summed E-state index contributed by atoms with van der Waals surface area (Å²) in [6.45, 7) is 4.94. The van der Waals surface area contributed by atoms with Crippen LogP contribution in [0.25, 0.3) is 0 Å². The number of aryl methyl sites for hydroxylation is 2. The fraction of sp³-hybridized carbons (Fsp3) is 0.545. The first-order valence-electron chi connectivity index (χ1n) is 6.07. The standard InChI is InChI=1S/C11H16N4O5/c1-4-14-10(9(15(18)19)7(3)13-14)11(17)12-6-8(16)20-5-2/h4-6H2,1-3H3,(H,12,17). The zero-order valence-electron chi connectivity index (χ0n) is 11.5. The predicted molar refractivity (Wildman–Crippen MR) is 68.3 cm³/mol. The normalized spacial score (nSPS) is 10.2. The number of carbonyl (C=O) groups is 2. The number of carbonyl (C=O) groups excluding carboxylic acids is 2. The molecule has 9 nitrogen and oxygen atoms in total. The number of hydrogen-bond donors (Lipinski definition) is 1. The van der Waals surface area contributed by atoms with E-state index in [1.54, 1.807) is 13.8 Å². The predicted octanol–water partition coefficient (Wildman–Crippen LogP) is 0.413. The van der Waals surface area contributed by atoms with Gasteiger partial charge < -0.3 is 10.1 Å². The van der Waals surface area contributed by atoms with Crippen LogP contribution < -0.4 is 5.32 Å². The van der Waals surface area contributed by atoms with Gasteiger partial charge in [0.15, 0.2) is 0 Å². The van der Waals surface area contributed by atoms with Crippen LogP contribution in [0.4, 0.5) is 5.69 Å². The van der Waals surface area contributed by atoms with Gasteiger partial charge in [-0.05, 0) is 20.8 Å². The molecule has 0 aromatic carbocycles. The summed E-state index contributed by atoms with van der Waals surface area (Å²) in [5.74, 6) is -1.34. The van der Waals surface area contributed by atoms with E-state index < -0.39 is 16.8 Å². The summed E-state index contributed by atoms with van der Waals surface area (Å²) < 4.78 is 5.89. The van der Waals surface area contributed by atoms with Gasteiger partial charge in [0.2, 0.25) is 5.69 Å². The Morgan fingerprint density at radius 2 is 2.10 bits per heavy atom. The molecule has 0 bridgehead atoms. The summed E-state index contributed by atoms with van der Waals surface area (Å²) in [7, 11) is 0. The van der Waals surface area contributed by atoms with Crippen LogP contribution in [0.5, 0.6) is 0 Å². The van der Waals surface area contributed by atoms with Crippen molar-refractivity contribution in [3.05, 3.63) is 21.5 Å². The molecule has 1 amide bonds. The fourth-order valence-electron chi connectivity index (χ4n) is 1.69. The molecule has 0 radical (unpaired) electrons. The van der Waals surface area contributed by atoms with E-state index in [2.05, 4.69) is 15.2 Å². The lowest BCUT2D eigenvalue weighted by molar-refractivity contribution is -0.385. The molecule has 0 atom stereocenters. The zero-order chi connectivity index (χ0) is 15.3. The van der Waals surface area contributed by atoms with Gasteiger partial charge in [-0.1, -0.05) is 0 Å². The molecule has 20 heavy (non-hydrogen) atoms. The Balaban J connectivity index is 2.97. The number of esters is 1. The SMILES string of the molecule is CCOC(=O)CNC(=O)c1c([N+](=O)[O-])c(C)nn1CC. The van der Waals surface area contributed by atoms with Crippen molar-refractivity contribution >= 4 is 17.6 Å². The molecule has 0 aliphatic heterocycles. The van der Waals surface area contributed by atoms with E-state index in [4.69, 9.17) is 0 Å². The number of rotatable bonds is 6. The van der Waals surface area contributed by atoms with Crippen molar-refractivity contribution in [3.63, 3.8) is 0 Å². The second-order valence-electron chi connectivity index (χ2n) is 3.84. The second kappa shape index (κ2) is 6.64. The van der Waals surface area contributed by atoms with Crippen molar-refractivity contribution in [2.24, 2.45) is 0 Å². The topological polar surface area (TPSA) is 116 Å². The van der Waals surface area contributed by atoms with Gasteiger partial charge >= 0.3 is 11.7 Å². The van der Waals surface area contributed by atoms with Crippen LogP contribution in [0.15, 0.2) is 0 Å². The first kappa shape index (κ1) is 15.6. The van der Waals surface area contributed by atoms with Gasteiger partial charge in [-0.25, -0.2) is 0 Å². The second-order valence-corrected chi connectivity index (χ2v) is 3.84. The highest BCUT2D eigenvalue weighted by molar-refractivity contribution is 5.98. The number of aromatic nitrogens is 2. The van der Waals surface area contributed by atoms with Crippen molar-refractivity contribution < 1.29 is 19.2 Å². The van der Waals surface area contributed by atoms with Crippen LogP contribution in [0.1, 0.15) is 30.0 Å². The van der Waals surface area contributed by atoms with Gasteiger partial charge in [0.1, 0.15) is 12.2 Å². The molecule has 1 rings (SSSR count). The Hall–Kier alpha value is -2.45. The van der Waals surface area contributed by atoms with Crippen molar-refractivity contribution in [1.29, 1.82) is 0 Å². The molecule has 9 heteroatoms. The van der Waals surface area contributed by atoms with Gasteiger partial charge in [-0.2, -0.15) is 5.10 Å². The van der Waals surface area contributed by atoms with E-state index in [0.717, 1.165) is 0 Å². The third kappa shape index (κ3) is 3.31. The van der Waals surface area contributed by atoms with Crippen molar-refractivity contribution in [1.82, 2.24) is 15.1 Å². The molecule has 1 N–H and O–H groups in total. The Morgan fingerprint density at radius 3 is 2.60 bits per heavy atom. The van der Waals surface area contributed by atoms with Gasteiger partial charge in [0.25, 0.3) is 5.91 Å². The monoisotopic (exact) mass is 284 g/mol. The quantitative estimate of drug-likeness (QED) is 0.459. The largest absolute Gasteiger partial charge is 0.465 e. The molecule has 0 saturated carbocycles. The maximum atomic E-state index is 12.0. The first-order chi connectivity index (χ1) is 9.42. The number of ether oxygens (including phenoxy) is 1. The Bertz CT molecular complexity index is 537. The van der Waals surface area contributed by atoms with E-state index in [1.165, 1.54) is 11.6 Å². The van der Waals surface area contributed by atoms with Crippen LogP contribution >= 0.6 is 0 Å².